The second kappa shape index (κ2) is 9.94. The largest absolute Gasteiger partial charge is 0.489 e. The molecule has 1 fully saturated rings. The molecule has 5 rings (SSSR count). The van der Waals surface area contributed by atoms with E-state index in [-0.39, 0.29) is 5.75 Å². The average molecular weight is 506 g/mol. The average Bonchev–Trinajstić information content (AvgIpc) is 2.84. The number of pyridine rings is 1. The molecule has 35 heavy (non-hydrogen) atoms. The van der Waals surface area contributed by atoms with Crippen molar-refractivity contribution in [1.82, 2.24) is 9.88 Å². The Kier molecular flexibility index (Phi) is 6.74. The van der Waals surface area contributed by atoms with Gasteiger partial charge in [0.05, 0.1) is 29.0 Å². The van der Waals surface area contributed by atoms with Crippen LogP contribution in [0.3, 0.4) is 0 Å². The summed E-state index contributed by atoms with van der Waals surface area (Å²) in [5, 5.41) is 0.568. The molecule has 0 amide bonds. The maximum Gasteiger partial charge on any atom is 0.204 e. The maximum absolute atomic E-state index is 14.4. The molecule has 1 saturated heterocycles. The van der Waals surface area contributed by atoms with Crippen molar-refractivity contribution in [3.63, 3.8) is 0 Å². The van der Waals surface area contributed by atoms with Crippen molar-refractivity contribution in [1.29, 1.82) is 0 Å². The van der Waals surface area contributed by atoms with Crippen molar-refractivity contribution in [2.24, 2.45) is 0 Å². The van der Waals surface area contributed by atoms with E-state index in [1.165, 1.54) is 12.1 Å². The maximum atomic E-state index is 14.4. The lowest BCUT2D eigenvalue weighted by Gasteiger charge is -2.40. The van der Waals surface area contributed by atoms with Crippen LogP contribution >= 0.6 is 10.6 Å². The number of nitrogens with zero attached hydrogens (tertiary/aromatic N) is 2. The van der Waals surface area contributed by atoms with E-state index in [0.717, 1.165) is 13.0 Å². The van der Waals surface area contributed by atoms with Gasteiger partial charge in [0.2, 0.25) is 5.75 Å². The van der Waals surface area contributed by atoms with Crippen LogP contribution in [0, 0.1) is 5.82 Å². The molecule has 1 aromatic heterocycles. The number of aromatic nitrogens is 1. The summed E-state index contributed by atoms with van der Waals surface area (Å²) in [6.45, 7) is 3.31. The molecule has 0 unspecified atom stereocenters. The number of nitrogens with two attached hydrogens (primary N) is 1. The summed E-state index contributed by atoms with van der Waals surface area (Å²) in [6.07, 6.45) is 2.34. The molecule has 0 aliphatic carbocycles. The molecule has 0 saturated carbocycles. The summed E-state index contributed by atoms with van der Waals surface area (Å²) in [6, 6.07) is 7.66. The van der Waals surface area contributed by atoms with Crippen LogP contribution in [-0.4, -0.2) is 70.0 Å². The highest BCUT2D eigenvalue weighted by molar-refractivity contribution is 8.24. The van der Waals surface area contributed by atoms with Gasteiger partial charge in [0.15, 0.2) is 23.1 Å². The number of benzene rings is 2. The normalized spacial score (nSPS) is 18.3. The third kappa shape index (κ3) is 5.32. The quantitative estimate of drug-likeness (QED) is 0.318. The van der Waals surface area contributed by atoms with Gasteiger partial charge in [-0.1, -0.05) is 0 Å². The third-order valence-electron chi connectivity index (χ3n) is 5.96. The lowest BCUT2D eigenvalue weighted by atomic mass is 10.1. The molecule has 0 bridgehead atoms. The summed E-state index contributed by atoms with van der Waals surface area (Å²) in [7, 11) is -2.40. The van der Waals surface area contributed by atoms with E-state index >= 15 is 0 Å². The Labute approximate surface area is 203 Å². The summed E-state index contributed by atoms with van der Waals surface area (Å²) in [5.74, 6) is 2.12. The molecule has 9 nitrogen and oxygen atoms in total. The predicted molar refractivity (Wildman–Crippen MR) is 133 cm³/mol. The first kappa shape index (κ1) is 23.7. The third-order valence-corrected chi connectivity index (χ3v) is 7.64. The number of anilines is 1. The van der Waals surface area contributed by atoms with E-state index in [9.17, 15) is 13.5 Å². The van der Waals surface area contributed by atoms with E-state index in [1.54, 1.807) is 24.4 Å². The number of rotatable bonds is 7. The summed E-state index contributed by atoms with van der Waals surface area (Å²) in [5.41, 5.74) is 6.52. The zero-order valence-electron chi connectivity index (χ0n) is 19.1. The van der Waals surface area contributed by atoms with Gasteiger partial charge in [-0.25, -0.2) is 4.39 Å². The molecule has 0 spiro atoms. The number of hydrogen-bond donors (Lipinski definition) is 3. The van der Waals surface area contributed by atoms with Crippen molar-refractivity contribution < 1.29 is 32.4 Å². The Morgan fingerprint density at radius 3 is 2.57 bits per heavy atom. The van der Waals surface area contributed by atoms with Crippen molar-refractivity contribution in [3.8, 4) is 28.7 Å². The molecule has 2 aromatic carbocycles. The zero-order chi connectivity index (χ0) is 24.4. The van der Waals surface area contributed by atoms with Crippen molar-refractivity contribution in [2.45, 2.75) is 6.42 Å². The Bertz CT molecular complexity index is 1220. The second-order valence-electron chi connectivity index (χ2n) is 8.48. The van der Waals surface area contributed by atoms with Crippen LogP contribution in [0.2, 0.25) is 0 Å². The predicted octanol–water partition coefficient (Wildman–Crippen LogP) is 4.35. The number of ether oxygens (including phenoxy) is 4. The van der Waals surface area contributed by atoms with E-state index < -0.39 is 16.4 Å². The highest BCUT2D eigenvalue weighted by Crippen LogP contribution is 2.48. The van der Waals surface area contributed by atoms with Crippen LogP contribution in [0.4, 0.5) is 10.1 Å². The smallest absolute Gasteiger partial charge is 0.204 e. The van der Waals surface area contributed by atoms with E-state index in [2.05, 4.69) is 9.88 Å². The molecule has 3 heterocycles. The molecule has 188 valence electrons. The molecule has 2 aliphatic heterocycles. The fourth-order valence-corrected chi connectivity index (χ4v) is 5.45. The fraction of sp³-hybridized carbons (Fsp3) is 0.375. The van der Waals surface area contributed by atoms with E-state index in [0.29, 0.717) is 84.0 Å². The summed E-state index contributed by atoms with van der Waals surface area (Å²) >= 11 is 0. The number of fused-ring (bicyclic) bond motifs is 3. The van der Waals surface area contributed by atoms with E-state index in [4.69, 9.17) is 24.7 Å². The zero-order valence-corrected chi connectivity index (χ0v) is 19.9. The highest BCUT2D eigenvalue weighted by Gasteiger charge is 2.25. The van der Waals surface area contributed by atoms with E-state index in [1.807, 2.05) is 0 Å². The van der Waals surface area contributed by atoms with Crippen LogP contribution in [-0.2, 0) is 0 Å². The van der Waals surface area contributed by atoms with Crippen LogP contribution < -0.4 is 24.7 Å². The monoisotopic (exact) mass is 505 g/mol. The topological polar surface area (TPSA) is 120 Å². The fourth-order valence-electron chi connectivity index (χ4n) is 4.14. The molecule has 0 atom stereocenters. The lowest BCUT2D eigenvalue weighted by molar-refractivity contribution is 0.162. The van der Waals surface area contributed by atoms with Crippen molar-refractivity contribution in [2.75, 3.05) is 56.7 Å². The first-order valence-electron chi connectivity index (χ1n) is 11.4. The van der Waals surface area contributed by atoms with Gasteiger partial charge in [0.1, 0.15) is 19.0 Å². The standard InChI is InChI=1S/C24H28FN3O6S/c25-17-14-16(26)2-3-19(17)34-20-4-5-27-18-15-21(23-24(22(18)20)33-11-10-32-23)31-9-1-6-28-7-12-35(29,30)13-8-28/h2-5,14-15,29-30H,1,6-13,26H2. The number of hydrogen-bond acceptors (Lipinski definition) is 9. The van der Waals surface area contributed by atoms with Crippen LogP contribution in [0.15, 0.2) is 36.5 Å². The Morgan fingerprint density at radius 1 is 1.03 bits per heavy atom. The van der Waals surface area contributed by atoms with Crippen LogP contribution in [0.25, 0.3) is 10.9 Å². The van der Waals surface area contributed by atoms with Crippen molar-refractivity contribution in [3.05, 3.63) is 42.3 Å². The van der Waals surface area contributed by atoms with Crippen LogP contribution in [0.5, 0.6) is 28.7 Å². The first-order chi connectivity index (χ1) is 16.9. The molecular formula is C24H28FN3O6S. The number of nitrogen functional groups attached to an aromatic ring is 1. The molecule has 11 heteroatoms. The SMILES string of the molecule is Nc1ccc(Oc2ccnc3cc(OCCCN4CCS(O)(O)CC4)c4c(c23)OCCO4)c(F)c1. The van der Waals surface area contributed by atoms with Gasteiger partial charge in [0, 0.05) is 43.7 Å². The molecule has 3 aromatic rings. The van der Waals surface area contributed by atoms with Gasteiger partial charge in [0.25, 0.3) is 0 Å². The van der Waals surface area contributed by atoms with Crippen molar-refractivity contribution >= 4 is 27.2 Å². The second-order valence-corrected chi connectivity index (χ2v) is 10.9. The summed E-state index contributed by atoms with van der Waals surface area (Å²) in [4.78, 5) is 6.65. The van der Waals surface area contributed by atoms with Gasteiger partial charge in [-0.3, -0.25) is 14.1 Å². The highest BCUT2D eigenvalue weighted by atomic mass is 32.3. The summed E-state index contributed by atoms with van der Waals surface area (Å²) < 4.78 is 57.6. The minimum Gasteiger partial charge on any atom is -0.489 e. The minimum atomic E-state index is -2.40. The Morgan fingerprint density at radius 2 is 1.80 bits per heavy atom. The molecule has 2 aliphatic rings. The first-order valence-corrected chi connectivity index (χ1v) is 13.3. The van der Waals surface area contributed by atoms with Gasteiger partial charge in [-0.05, 0) is 24.6 Å². The molecule has 4 N–H and O–H groups in total. The molecule has 0 radical (unpaired) electrons. The van der Waals surface area contributed by atoms with Crippen LogP contribution in [0.1, 0.15) is 6.42 Å². The van der Waals surface area contributed by atoms with Gasteiger partial charge in [-0.2, -0.15) is 10.6 Å². The Balaban J connectivity index is 1.34. The van der Waals surface area contributed by atoms with Gasteiger partial charge in [-0.15, -0.1) is 0 Å². The lowest BCUT2D eigenvalue weighted by Crippen LogP contribution is -2.39. The minimum absolute atomic E-state index is 0.0384. The van der Waals surface area contributed by atoms with Gasteiger partial charge >= 0.3 is 0 Å². The Hall–Kier alpha value is -2.99. The number of halogens is 1. The molecular weight excluding hydrogens is 477 g/mol. The van der Waals surface area contributed by atoms with Gasteiger partial charge < -0.3 is 29.6 Å².